The lowest BCUT2D eigenvalue weighted by Crippen LogP contribution is -2.25. The van der Waals surface area contributed by atoms with E-state index >= 15 is 0 Å². The predicted octanol–water partition coefficient (Wildman–Crippen LogP) is 3.81. The highest BCUT2D eigenvalue weighted by atomic mass is 19.1. The average molecular weight is 272 g/mol. The number of hydrogen-bond acceptors (Lipinski definition) is 2. The summed E-state index contributed by atoms with van der Waals surface area (Å²) in [6.45, 7) is 5.02. The Hall–Kier alpha value is -1.74. The molecule has 0 saturated heterocycles. The van der Waals surface area contributed by atoms with E-state index in [-0.39, 0.29) is 11.9 Å². The molecule has 0 bridgehead atoms. The zero-order valence-electron chi connectivity index (χ0n) is 12.1. The minimum Gasteiger partial charge on any atom is -0.310 e. The summed E-state index contributed by atoms with van der Waals surface area (Å²) in [4.78, 5) is 4.42. The molecule has 2 aromatic rings. The molecule has 0 fully saturated rings. The Morgan fingerprint density at radius 3 is 2.70 bits per heavy atom. The van der Waals surface area contributed by atoms with Gasteiger partial charge in [0, 0.05) is 29.9 Å². The summed E-state index contributed by atoms with van der Waals surface area (Å²) in [5, 5.41) is 3.42. The van der Waals surface area contributed by atoms with Crippen LogP contribution in [-0.2, 0) is 6.42 Å². The number of nitrogens with zero attached hydrogens (tertiary/aromatic N) is 1. The Bertz CT molecular complexity index is 554. The van der Waals surface area contributed by atoms with Gasteiger partial charge in [-0.3, -0.25) is 4.98 Å². The largest absolute Gasteiger partial charge is 0.310 e. The number of benzene rings is 1. The van der Waals surface area contributed by atoms with Gasteiger partial charge in [0.15, 0.2) is 0 Å². The van der Waals surface area contributed by atoms with Crippen LogP contribution in [0.25, 0.3) is 0 Å². The lowest BCUT2D eigenvalue weighted by molar-refractivity contribution is 0.493. The number of aryl methyl sites for hydroxylation is 1. The van der Waals surface area contributed by atoms with Crippen LogP contribution < -0.4 is 5.32 Å². The molecule has 0 aliphatic carbocycles. The summed E-state index contributed by atoms with van der Waals surface area (Å²) in [6.07, 6.45) is 3.51. The maximum absolute atomic E-state index is 14.0. The van der Waals surface area contributed by atoms with Crippen LogP contribution in [-0.4, -0.2) is 11.5 Å². The van der Waals surface area contributed by atoms with Crippen molar-refractivity contribution >= 4 is 0 Å². The fourth-order valence-corrected chi connectivity index (χ4v) is 2.29. The molecule has 2 nitrogen and oxygen atoms in total. The zero-order chi connectivity index (χ0) is 14.4. The zero-order valence-corrected chi connectivity index (χ0v) is 12.1. The van der Waals surface area contributed by atoms with Crippen molar-refractivity contribution in [2.24, 2.45) is 0 Å². The number of aromatic nitrogens is 1. The Kier molecular flexibility index (Phi) is 5.24. The summed E-state index contributed by atoms with van der Waals surface area (Å²) < 4.78 is 14.0. The lowest BCUT2D eigenvalue weighted by atomic mass is 9.99. The first kappa shape index (κ1) is 14.7. The van der Waals surface area contributed by atoms with Crippen LogP contribution in [0.2, 0.25) is 0 Å². The summed E-state index contributed by atoms with van der Waals surface area (Å²) >= 11 is 0. The Morgan fingerprint density at radius 1 is 1.20 bits per heavy atom. The van der Waals surface area contributed by atoms with E-state index in [9.17, 15) is 4.39 Å². The highest BCUT2D eigenvalue weighted by Gasteiger charge is 2.16. The van der Waals surface area contributed by atoms with E-state index in [0.717, 1.165) is 24.2 Å². The number of rotatable bonds is 6. The molecule has 1 unspecified atom stereocenters. The SMILES string of the molecule is CCCNC(Cc1ncccc1C)c1ccccc1F. The maximum atomic E-state index is 14.0. The molecule has 0 aliphatic rings. The van der Waals surface area contributed by atoms with Gasteiger partial charge in [0.2, 0.25) is 0 Å². The second kappa shape index (κ2) is 7.15. The van der Waals surface area contributed by atoms with Gasteiger partial charge in [0.25, 0.3) is 0 Å². The summed E-state index contributed by atoms with van der Waals surface area (Å²) in [7, 11) is 0. The molecule has 0 radical (unpaired) electrons. The van der Waals surface area contributed by atoms with Crippen molar-refractivity contribution in [3.05, 3.63) is 65.2 Å². The topological polar surface area (TPSA) is 24.9 Å². The summed E-state index contributed by atoms with van der Waals surface area (Å²) in [5.74, 6) is -0.158. The molecule has 3 heteroatoms. The molecule has 1 aromatic carbocycles. The van der Waals surface area contributed by atoms with Crippen molar-refractivity contribution in [1.82, 2.24) is 10.3 Å². The minimum atomic E-state index is -0.158. The fraction of sp³-hybridized carbons (Fsp3) is 0.353. The van der Waals surface area contributed by atoms with Gasteiger partial charge in [0.05, 0.1) is 0 Å². The molecule has 0 saturated carbocycles. The van der Waals surface area contributed by atoms with Gasteiger partial charge in [-0.25, -0.2) is 4.39 Å². The van der Waals surface area contributed by atoms with Crippen molar-refractivity contribution in [2.75, 3.05) is 6.54 Å². The first-order valence-electron chi connectivity index (χ1n) is 7.10. The smallest absolute Gasteiger partial charge is 0.127 e. The van der Waals surface area contributed by atoms with Crippen molar-refractivity contribution in [1.29, 1.82) is 0 Å². The van der Waals surface area contributed by atoms with E-state index in [1.807, 2.05) is 31.2 Å². The van der Waals surface area contributed by atoms with Gasteiger partial charge in [-0.1, -0.05) is 31.2 Å². The van der Waals surface area contributed by atoms with Crippen LogP contribution in [0.3, 0.4) is 0 Å². The monoisotopic (exact) mass is 272 g/mol. The molecule has 106 valence electrons. The summed E-state index contributed by atoms with van der Waals surface area (Å²) in [5.41, 5.74) is 2.88. The second-order valence-electron chi connectivity index (χ2n) is 5.00. The minimum absolute atomic E-state index is 0.0373. The molecule has 0 spiro atoms. The normalized spacial score (nSPS) is 12.3. The average Bonchev–Trinajstić information content (AvgIpc) is 2.46. The molecular formula is C17H21FN2. The molecule has 1 aromatic heterocycles. The molecule has 0 aliphatic heterocycles. The Labute approximate surface area is 120 Å². The van der Waals surface area contributed by atoms with Gasteiger partial charge in [-0.2, -0.15) is 0 Å². The first-order chi connectivity index (χ1) is 9.72. The quantitative estimate of drug-likeness (QED) is 0.865. The molecule has 1 N–H and O–H groups in total. The maximum Gasteiger partial charge on any atom is 0.127 e. The standard InChI is InChI=1S/C17H21FN2/c1-3-10-19-17(14-8-4-5-9-15(14)18)12-16-13(2)7-6-11-20-16/h4-9,11,17,19H,3,10,12H2,1-2H3. The second-order valence-corrected chi connectivity index (χ2v) is 5.00. The van der Waals surface area contributed by atoms with Crippen LogP contribution in [0, 0.1) is 12.7 Å². The van der Waals surface area contributed by atoms with Crippen LogP contribution >= 0.6 is 0 Å². The van der Waals surface area contributed by atoms with Crippen LogP contribution in [0.15, 0.2) is 42.6 Å². The van der Waals surface area contributed by atoms with E-state index < -0.39 is 0 Å². The molecule has 20 heavy (non-hydrogen) atoms. The molecular weight excluding hydrogens is 251 g/mol. The number of nitrogens with one attached hydrogen (secondary N) is 1. The third kappa shape index (κ3) is 3.64. The number of pyridine rings is 1. The first-order valence-corrected chi connectivity index (χ1v) is 7.10. The van der Waals surface area contributed by atoms with Gasteiger partial charge >= 0.3 is 0 Å². The van der Waals surface area contributed by atoms with Crippen molar-refractivity contribution in [3.63, 3.8) is 0 Å². The van der Waals surface area contributed by atoms with Crippen molar-refractivity contribution < 1.29 is 4.39 Å². The van der Waals surface area contributed by atoms with E-state index in [1.165, 1.54) is 6.07 Å². The molecule has 1 heterocycles. The highest BCUT2D eigenvalue weighted by Crippen LogP contribution is 2.21. The predicted molar refractivity (Wildman–Crippen MR) is 80.1 cm³/mol. The number of hydrogen-bond donors (Lipinski definition) is 1. The van der Waals surface area contributed by atoms with Crippen molar-refractivity contribution in [2.45, 2.75) is 32.7 Å². The van der Waals surface area contributed by atoms with Gasteiger partial charge in [-0.05, 0) is 37.6 Å². The Balaban J connectivity index is 2.24. The van der Waals surface area contributed by atoms with E-state index in [0.29, 0.717) is 12.0 Å². The lowest BCUT2D eigenvalue weighted by Gasteiger charge is -2.20. The van der Waals surface area contributed by atoms with Crippen LogP contribution in [0.5, 0.6) is 0 Å². The van der Waals surface area contributed by atoms with Gasteiger partial charge in [-0.15, -0.1) is 0 Å². The third-order valence-electron chi connectivity index (χ3n) is 3.44. The molecule has 1 atom stereocenters. The van der Waals surface area contributed by atoms with E-state index in [4.69, 9.17) is 0 Å². The van der Waals surface area contributed by atoms with Crippen molar-refractivity contribution in [3.8, 4) is 0 Å². The highest BCUT2D eigenvalue weighted by molar-refractivity contribution is 5.25. The van der Waals surface area contributed by atoms with Gasteiger partial charge in [0.1, 0.15) is 5.82 Å². The third-order valence-corrected chi connectivity index (χ3v) is 3.44. The van der Waals surface area contributed by atoms with Gasteiger partial charge < -0.3 is 5.32 Å². The summed E-state index contributed by atoms with van der Waals surface area (Å²) in [6, 6.07) is 10.9. The Morgan fingerprint density at radius 2 is 2.00 bits per heavy atom. The molecule has 0 amide bonds. The van der Waals surface area contributed by atoms with Crippen LogP contribution in [0.4, 0.5) is 4.39 Å². The van der Waals surface area contributed by atoms with E-state index in [1.54, 1.807) is 12.3 Å². The number of halogens is 1. The fourth-order valence-electron chi connectivity index (χ4n) is 2.29. The molecule has 2 rings (SSSR count). The van der Waals surface area contributed by atoms with E-state index in [2.05, 4.69) is 17.2 Å². The van der Waals surface area contributed by atoms with Crippen LogP contribution in [0.1, 0.15) is 36.2 Å².